The third-order valence-corrected chi connectivity index (χ3v) is 4.31. The van der Waals surface area contributed by atoms with Crippen LogP contribution in [-0.4, -0.2) is 24.6 Å². The van der Waals surface area contributed by atoms with Crippen molar-refractivity contribution in [1.29, 1.82) is 0 Å². The zero-order valence-electron chi connectivity index (χ0n) is 11.4. The molecular weight excluding hydrogens is 284 g/mol. The van der Waals surface area contributed by atoms with E-state index in [0.717, 1.165) is 16.8 Å². The van der Waals surface area contributed by atoms with Crippen LogP contribution < -0.4 is 0 Å². The lowest BCUT2D eigenvalue weighted by atomic mass is 10.2. The molecule has 1 heterocycles. The predicted molar refractivity (Wildman–Crippen MR) is 82.6 cm³/mol. The fourth-order valence-corrected chi connectivity index (χ4v) is 2.77. The van der Waals surface area contributed by atoms with E-state index in [1.807, 2.05) is 36.4 Å². The Bertz CT molecular complexity index is 868. The van der Waals surface area contributed by atoms with Gasteiger partial charge >= 0.3 is 0 Å². The minimum absolute atomic E-state index is 0.290. The molecule has 0 spiro atoms. The standard InChI is InChI=1S/C16H14N2O2S/c1-21(19,20)14-9-5-8-13(10-14)16-17-11-15(18-16)12-6-3-2-4-7-12/h2-11H,1H3,(H,17,18). The van der Waals surface area contributed by atoms with E-state index in [1.54, 1.807) is 24.4 Å². The van der Waals surface area contributed by atoms with Crippen LogP contribution in [0.25, 0.3) is 22.6 Å². The Hall–Kier alpha value is -2.40. The monoisotopic (exact) mass is 298 g/mol. The molecule has 0 amide bonds. The van der Waals surface area contributed by atoms with E-state index < -0.39 is 9.84 Å². The van der Waals surface area contributed by atoms with E-state index in [9.17, 15) is 8.42 Å². The largest absolute Gasteiger partial charge is 0.338 e. The van der Waals surface area contributed by atoms with Crippen molar-refractivity contribution in [3.8, 4) is 22.6 Å². The first-order valence-corrected chi connectivity index (χ1v) is 8.34. The van der Waals surface area contributed by atoms with Gasteiger partial charge in [-0.3, -0.25) is 0 Å². The van der Waals surface area contributed by atoms with Gasteiger partial charge in [-0.1, -0.05) is 42.5 Å². The third-order valence-electron chi connectivity index (χ3n) is 3.20. The van der Waals surface area contributed by atoms with Crippen LogP contribution >= 0.6 is 0 Å². The highest BCUT2D eigenvalue weighted by Gasteiger charge is 2.10. The van der Waals surface area contributed by atoms with Gasteiger partial charge in [-0.2, -0.15) is 0 Å². The van der Waals surface area contributed by atoms with Gasteiger partial charge in [0.1, 0.15) is 5.82 Å². The quantitative estimate of drug-likeness (QED) is 0.808. The Morgan fingerprint density at radius 1 is 0.952 bits per heavy atom. The van der Waals surface area contributed by atoms with Crippen LogP contribution in [0.5, 0.6) is 0 Å². The number of nitrogens with zero attached hydrogens (tertiary/aromatic N) is 1. The summed E-state index contributed by atoms with van der Waals surface area (Å²) in [5, 5.41) is 0. The Labute approximate surface area is 123 Å². The fourth-order valence-electron chi connectivity index (χ4n) is 2.11. The summed E-state index contributed by atoms with van der Waals surface area (Å²) in [5.41, 5.74) is 2.69. The van der Waals surface area contributed by atoms with Crippen molar-refractivity contribution in [1.82, 2.24) is 9.97 Å². The number of aromatic nitrogens is 2. The zero-order valence-corrected chi connectivity index (χ0v) is 12.3. The first-order chi connectivity index (χ1) is 10.0. The first-order valence-electron chi connectivity index (χ1n) is 6.45. The lowest BCUT2D eigenvalue weighted by molar-refractivity contribution is 0.602. The molecule has 3 aromatic rings. The van der Waals surface area contributed by atoms with Crippen LogP contribution in [0.3, 0.4) is 0 Å². The second-order valence-electron chi connectivity index (χ2n) is 4.81. The molecule has 3 rings (SSSR count). The normalized spacial score (nSPS) is 11.5. The number of aromatic amines is 1. The van der Waals surface area contributed by atoms with Crippen LogP contribution in [-0.2, 0) is 9.84 Å². The Morgan fingerprint density at radius 3 is 2.38 bits per heavy atom. The maximum atomic E-state index is 11.6. The molecule has 2 aromatic carbocycles. The van der Waals surface area contributed by atoms with E-state index >= 15 is 0 Å². The number of hydrogen-bond donors (Lipinski definition) is 1. The molecule has 1 aromatic heterocycles. The number of rotatable bonds is 3. The van der Waals surface area contributed by atoms with Gasteiger partial charge in [0.05, 0.1) is 16.8 Å². The van der Waals surface area contributed by atoms with Crippen LogP contribution in [0.4, 0.5) is 0 Å². The number of imidazole rings is 1. The van der Waals surface area contributed by atoms with Crippen molar-refractivity contribution in [2.24, 2.45) is 0 Å². The van der Waals surface area contributed by atoms with E-state index in [1.165, 1.54) is 6.26 Å². The van der Waals surface area contributed by atoms with Crippen molar-refractivity contribution in [2.75, 3.05) is 6.26 Å². The maximum absolute atomic E-state index is 11.6. The molecule has 1 N–H and O–H groups in total. The summed E-state index contributed by atoms with van der Waals surface area (Å²) in [7, 11) is -3.22. The smallest absolute Gasteiger partial charge is 0.175 e. The van der Waals surface area contributed by atoms with E-state index in [-0.39, 0.29) is 4.90 Å². The van der Waals surface area contributed by atoms with Crippen LogP contribution in [0.1, 0.15) is 0 Å². The van der Waals surface area contributed by atoms with E-state index in [2.05, 4.69) is 9.97 Å². The summed E-state index contributed by atoms with van der Waals surface area (Å²) < 4.78 is 23.2. The number of nitrogens with one attached hydrogen (secondary N) is 1. The lowest BCUT2D eigenvalue weighted by Gasteiger charge is -2.01. The minimum atomic E-state index is -3.22. The summed E-state index contributed by atoms with van der Waals surface area (Å²) in [4.78, 5) is 7.84. The average molecular weight is 298 g/mol. The predicted octanol–water partition coefficient (Wildman–Crippen LogP) is 3.15. The van der Waals surface area contributed by atoms with Gasteiger partial charge in [0.25, 0.3) is 0 Å². The zero-order chi connectivity index (χ0) is 14.9. The average Bonchev–Trinajstić information content (AvgIpc) is 2.97. The summed E-state index contributed by atoms with van der Waals surface area (Å²) >= 11 is 0. The topological polar surface area (TPSA) is 62.8 Å². The van der Waals surface area contributed by atoms with E-state index in [0.29, 0.717) is 5.82 Å². The van der Waals surface area contributed by atoms with Gasteiger partial charge in [-0.25, -0.2) is 13.4 Å². The molecule has 0 saturated carbocycles. The summed E-state index contributed by atoms with van der Waals surface area (Å²) in [6, 6.07) is 16.6. The minimum Gasteiger partial charge on any atom is -0.338 e. The van der Waals surface area contributed by atoms with Crippen molar-refractivity contribution in [3.05, 3.63) is 60.8 Å². The Balaban J connectivity index is 2.01. The second kappa shape index (κ2) is 5.18. The van der Waals surface area contributed by atoms with Crippen molar-refractivity contribution >= 4 is 9.84 Å². The molecule has 0 saturated heterocycles. The maximum Gasteiger partial charge on any atom is 0.175 e. The number of H-pyrrole nitrogens is 1. The van der Waals surface area contributed by atoms with Crippen molar-refractivity contribution < 1.29 is 8.42 Å². The third kappa shape index (κ3) is 2.87. The SMILES string of the molecule is CS(=O)(=O)c1cccc(-c2ncc(-c3ccccc3)[nH]2)c1. The number of benzene rings is 2. The molecule has 0 aliphatic rings. The molecule has 5 heteroatoms. The van der Waals surface area contributed by atoms with Gasteiger partial charge in [0, 0.05) is 11.8 Å². The molecule has 0 atom stereocenters. The van der Waals surface area contributed by atoms with Gasteiger partial charge in [0.2, 0.25) is 0 Å². The van der Waals surface area contributed by atoms with Crippen LogP contribution in [0.2, 0.25) is 0 Å². The van der Waals surface area contributed by atoms with E-state index in [4.69, 9.17) is 0 Å². The molecule has 0 radical (unpaired) electrons. The highest BCUT2D eigenvalue weighted by molar-refractivity contribution is 7.90. The molecule has 0 aliphatic heterocycles. The van der Waals surface area contributed by atoms with Crippen LogP contribution in [0.15, 0.2) is 65.7 Å². The van der Waals surface area contributed by atoms with Gasteiger partial charge in [0.15, 0.2) is 9.84 Å². The second-order valence-corrected chi connectivity index (χ2v) is 6.83. The fraction of sp³-hybridized carbons (Fsp3) is 0.0625. The van der Waals surface area contributed by atoms with Gasteiger partial charge in [-0.05, 0) is 17.7 Å². The molecule has 0 unspecified atom stereocenters. The molecule has 0 fully saturated rings. The Kier molecular flexibility index (Phi) is 3.35. The molecule has 4 nitrogen and oxygen atoms in total. The molecule has 21 heavy (non-hydrogen) atoms. The number of sulfone groups is 1. The lowest BCUT2D eigenvalue weighted by Crippen LogP contribution is -1.97. The van der Waals surface area contributed by atoms with Gasteiger partial charge in [-0.15, -0.1) is 0 Å². The highest BCUT2D eigenvalue weighted by atomic mass is 32.2. The highest BCUT2D eigenvalue weighted by Crippen LogP contribution is 2.23. The summed E-state index contributed by atoms with van der Waals surface area (Å²) in [6.07, 6.45) is 2.95. The first kappa shape index (κ1) is 13.6. The Morgan fingerprint density at radius 2 is 1.67 bits per heavy atom. The van der Waals surface area contributed by atoms with Gasteiger partial charge < -0.3 is 4.98 Å². The molecule has 0 bridgehead atoms. The molecule has 106 valence electrons. The molecular formula is C16H14N2O2S. The van der Waals surface area contributed by atoms with Crippen LogP contribution in [0, 0.1) is 0 Å². The number of hydrogen-bond acceptors (Lipinski definition) is 3. The summed E-state index contributed by atoms with van der Waals surface area (Å²) in [6.45, 7) is 0. The summed E-state index contributed by atoms with van der Waals surface area (Å²) in [5.74, 6) is 0.652. The van der Waals surface area contributed by atoms with Crippen molar-refractivity contribution in [3.63, 3.8) is 0 Å². The van der Waals surface area contributed by atoms with Crippen molar-refractivity contribution in [2.45, 2.75) is 4.90 Å². The molecule has 0 aliphatic carbocycles.